The molecule has 0 saturated carbocycles. The lowest BCUT2D eigenvalue weighted by Gasteiger charge is -2.30. The molecule has 2 rings (SSSR count). The third-order valence-corrected chi connectivity index (χ3v) is 3.41. The highest BCUT2D eigenvalue weighted by atomic mass is 19.2. The van der Waals surface area contributed by atoms with E-state index in [1.165, 1.54) is 6.07 Å². The molecule has 3 heteroatoms. The van der Waals surface area contributed by atoms with Crippen LogP contribution < -0.4 is 5.32 Å². The molecule has 1 N–H and O–H groups in total. The van der Waals surface area contributed by atoms with Gasteiger partial charge in [-0.3, -0.25) is 0 Å². The molecule has 0 bridgehead atoms. The van der Waals surface area contributed by atoms with Crippen LogP contribution in [0.5, 0.6) is 0 Å². The Balaban J connectivity index is 2.37. The van der Waals surface area contributed by atoms with Gasteiger partial charge < -0.3 is 5.32 Å². The zero-order valence-electron chi connectivity index (χ0n) is 9.52. The summed E-state index contributed by atoms with van der Waals surface area (Å²) in [5.74, 6) is -1.47. The summed E-state index contributed by atoms with van der Waals surface area (Å²) in [5.41, 5.74) is 0.0253. The van der Waals surface area contributed by atoms with E-state index in [1.54, 1.807) is 12.1 Å². The van der Waals surface area contributed by atoms with Crippen molar-refractivity contribution in [3.63, 3.8) is 0 Å². The summed E-state index contributed by atoms with van der Waals surface area (Å²) in [6.07, 6.45) is 4.17. The Morgan fingerprint density at radius 3 is 2.81 bits per heavy atom. The van der Waals surface area contributed by atoms with Crippen molar-refractivity contribution in [3.05, 3.63) is 35.4 Å². The van der Waals surface area contributed by atoms with Crippen molar-refractivity contribution in [2.24, 2.45) is 0 Å². The van der Waals surface area contributed by atoms with Crippen LogP contribution >= 0.6 is 0 Å². The lowest BCUT2D eigenvalue weighted by Crippen LogP contribution is -2.39. The van der Waals surface area contributed by atoms with Gasteiger partial charge in [0, 0.05) is 11.1 Å². The van der Waals surface area contributed by atoms with Gasteiger partial charge in [0.05, 0.1) is 0 Å². The summed E-state index contributed by atoms with van der Waals surface area (Å²) < 4.78 is 27.0. The Bertz CT molecular complexity index is 368. The minimum absolute atomic E-state index is 0.428. The largest absolute Gasteiger partial charge is 0.308 e. The van der Waals surface area contributed by atoms with E-state index in [1.807, 2.05) is 6.92 Å². The van der Waals surface area contributed by atoms with E-state index in [2.05, 4.69) is 5.32 Å². The lowest BCUT2D eigenvalue weighted by atomic mass is 9.87. The molecule has 0 aliphatic carbocycles. The van der Waals surface area contributed by atoms with Crippen LogP contribution in [0, 0.1) is 11.6 Å². The van der Waals surface area contributed by atoms with Crippen LogP contribution in [0.25, 0.3) is 0 Å². The van der Waals surface area contributed by atoms with Crippen molar-refractivity contribution in [2.75, 3.05) is 6.54 Å². The molecule has 1 heterocycles. The Kier molecular flexibility index (Phi) is 3.24. The molecule has 1 saturated heterocycles. The maximum atomic E-state index is 13.7. The molecule has 1 nitrogen and oxygen atoms in total. The van der Waals surface area contributed by atoms with Crippen molar-refractivity contribution in [1.82, 2.24) is 5.32 Å². The van der Waals surface area contributed by atoms with Gasteiger partial charge in [-0.15, -0.1) is 0 Å². The molecule has 1 aliphatic rings. The number of hydrogen-bond acceptors (Lipinski definition) is 1. The minimum atomic E-state index is -0.759. The van der Waals surface area contributed by atoms with Crippen LogP contribution in [0.3, 0.4) is 0 Å². The summed E-state index contributed by atoms with van der Waals surface area (Å²) in [7, 11) is 0. The number of halogens is 2. The first kappa shape index (κ1) is 11.5. The molecule has 1 aromatic rings. The van der Waals surface area contributed by atoms with Gasteiger partial charge in [-0.25, -0.2) is 8.78 Å². The van der Waals surface area contributed by atoms with Crippen LogP contribution in [0.2, 0.25) is 0 Å². The van der Waals surface area contributed by atoms with E-state index in [0.717, 1.165) is 32.2 Å². The third kappa shape index (κ3) is 2.09. The van der Waals surface area contributed by atoms with Gasteiger partial charge >= 0.3 is 0 Å². The van der Waals surface area contributed by atoms with E-state index in [0.29, 0.717) is 5.56 Å². The second-order valence-corrected chi connectivity index (χ2v) is 4.67. The van der Waals surface area contributed by atoms with Crippen LogP contribution in [0.4, 0.5) is 8.78 Å². The van der Waals surface area contributed by atoms with Gasteiger partial charge in [0.2, 0.25) is 0 Å². The molecular formula is C13H17F2N. The molecule has 16 heavy (non-hydrogen) atoms. The Morgan fingerprint density at radius 2 is 2.00 bits per heavy atom. The number of rotatable bonds is 1. The van der Waals surface area contributed by atoms with Crippen LogP contribution in [0.1, 0.15) is 38.2 Å². The summed E-state index contributed by atoms with van der Waals surface area (Å²) in [4.78, 5) is 0. The monoisotopic (exact) mass is 225 g/mol. The zero-order chi connectivity index (χ0) is 11.6. The lowest BCUT2D eigenvalue weighted by molar-refractivity contribution is 0.338. The SMILES string of the molecule is CC1(c2cccc(F)c2F)CCCCCN1. The average Bonchev–Trinajstić information content (AvgIpc) is 2.48. The molecule has 1 unspecified atom stereocenters. The van der Waals surface area contributed by atoms with Gasteiger partial charge in [-0.2, -0.15) is 0 Å². The highest BCUT2D eigenvalue weighted by molar-refractivity contribution is 5.26. The zero-order valence-corrected chi connectivity index (χ0v) is 9.52. The maximum absolute atomic E-state index is 13.7. The molecule has 1 atom stereocenters. The van der Waals surface area contributed by atoms with E-state index < -0.39 is 17.2 Å². The van der Waals surface area contributed by atoms with E-state index in [9.17, 15) is 8.78 Å². The number of nitrogens with one attached hydrogen (secondary N) is 1. The van der Waals surface area contributed by atoms with E-state index in [4.69, 9.17) is 0 Å². The highest BCUT2D eigenvalue weighted by Crippen LogP contribution is 2.31. The molecule has 0 radical (unpaired) electrons. The Hall–Kier alpha value is -0.960. The van der Waals surface area contributed by atoms with E-state index >= 15 is 0 Å². The topological polar surface area (TPSA) is 12.0 Å². The first-order chi connectivity index (χ1) is 7.63. The van der Waals surface area contributed by atoms with Gasteiger partial charge in [0.1, 0.15) is 0 Å². The van der Waals surface area contributed by atoms with Crippen molar-refractivity contribution < 1.29 is 8.78 Å². The summed E-state index contributed by atoms with van der Waals surface area (Å²) in [6, 6.07) is 4.42. The molecule has 1 fully saturated rings. The Morgan fingerprint density at radius 1 is 1.19 bits per heavy atom. The molecule has 88 valence electrons. The molecular weight excluding hydrogens is 208 g/mol. The second kappa shape index (κ2) is 4.50. The predicted molar refractivity (Wildman–Crippen MR) is 60.2 cm³/mol. The fourth-order valence-corrected chi connectivity index (χ4v) is 2.39. The minimum Gasteiger partial charge on any atom is -0.308 e. The highest BCUT2D eigenvalue weighted by Gasteiger charge is 2.30. The second-order valence-electron chi connectivity index (χ2n) is 4.67. The fraction of sp³-hybridized carbons (Fsp3) is 0.538. The van der Waals surface area contributed by atoms with Crippen LogP contribution in [-0.2, 0) is 5.54 Å². The van der Waals surface area contributed by atoms with Gasteiger partial charge in [0.15, 0.2) is 11.6 Å². The number of benzene rings is 1. The average molecular weight is 225 g/mol. The van der Waals surface area contributed by atoms with Crippen molar-refractivity contribution in [3.8, 4) is 0 Å². The first-order valence-electron chi connectivity index (χ1n) is 5.83. The Labute approximate surface area is 94.9 Å². The van der Waals surface area contributed by atoms with Crippen LogP contribution in [-0.4, -0.2) is 6.54 Å². The molecule has 0 amide bonds. The summed E-state index contributed by atoms with van der Waals surface area (Å²) >= 11 is 0. The van der Waals surface area contributed by atoms with Crippen molar-refractivity contribution in [2.45, 2.75) is 38.1 Å². The molecule has 0 aromatic heterocycles. The van der Waals surface area contributed by atoms with Gasteiger partial charge in [0.25, 0.3) is 0 Å². The quantitative estimate of drug-likeness (QED) is 0.773. The normalized spacial score (nSPS) is 26.4. The summed E-state index contributed by atoms with van der Waals surface area (Å²) in [5, 5.41) is 3.34. The molecule has 0 spiro atoms. The number of hydrogen-bond donors (Lipinski definition) is 1. The van der Waals surface area contributed by atoms with Crippen molar-refractivity contribution >= 4 is 0 Å². The summed E-state index contributed by atoms with van der Waals surface area (Å²) in [6.45, 7) is 2.82. The maximum Gasteiger partial charge on any atom is 0.163 e. The molecule has 1 aromatic carbocycles. The predicted octanol–water partition coefficient (Wildman–Crippen LogP) is 3.34. The van der Waals surface area contributed by atoms with Gasteiger partial charge in [-0.1, -0.05) is 25.0 Å². The van der Waals surface area contributed by atoms with Crippen molar-refractivity contribution in [1.29, 1.82) is 0 Å². The van der Waals surface area contributed by atoms with Gasteiger partial charge in [-0.05, 0) is 32.4 Å². The fourth-order valence-electron chi connectivity index (χ4n) is 2.39. The standard InChI is InChI=1S/C13H17F2N/c1-13(8-3-2-4-9-16-13)10-6-5-7-11(14)12(10)15/h5-7,16H,2-4,8-9H2,1H3. The smallest absolute Gasteiger partial charge is 0.163 e. The third-order valence-electron chi connectivity index (χ3n) is 3.41. The first-order valence-corrected chi connectivity index (χ1v) is 5.83. The van der Waals surface area contributed by atoms with E-state index in [-0.39, 0.29) is 0 Å². The molecule has 1 aliphatic heterocycles. The van der Waals surface area contributed by atoms with Crippen LogP contribution in [0.15, 0.2) is 18.2 Å².